The van der Waals surface area contributed by atoms with E-state index in [-0.39, 0.29) is 12.5 Å². The van der Waals surface area contributed by atoms with E-state index in [0.717, 1.165) is 24.1 Å². The van der Waals surface area contributed by atoms with Gasteiger partial charge in [-0.1, -0.05) is 12.8 Å². The molecule has 1 N–H and O–H groups in total. The molecule has 1 aliphatic carbocycles. The first kappa shape index (κ1) is 12.7. The maximum atomic E-state index is 12.0. The van der Waals surface area contributed by atoms with Gasteiger partial charge in [-0.15, -0.1) is 0 Å². The maximum Gasteiger partial charge on any atom is 0.240 e. The molecule has 0 aliphatic heterocycles. The van der Waals surface area contributed by atoms with Crippen LogP contribution in [0.2, 0.25) is 0 Å². The van der Waals surface area contributed by atoms with E-state index in [0.29, 0.717) is 11.7 Å². The number of aromatic nitrogens is 1. The van der Waals surface area contributed by atoms with Crippen LogP contribution >= 0.6 is 0 Å². The minimum absolute atomic E-state index is 0.0112. The molecule has 18 heavy (non-hydrogen) atoms. The summed E-state index contributed by atoms with van der Waals surface area (Å²) < 4.78 is 1.79. The summed E-state index contributed by atoms with van der Waals surface area (Å²) in [5, 5.41) is 12.2. The fourth-order valence-electron chi connectivity index (χ4n) is 2.69. The summed E-state index contributed by atoms with van der Waals surface area (Å²) in [5.41, 5.74) is 2.49. The SMILES string of the molecule is Cc1cc(C)n(CC(=O)NC2CCCC2)c1C#N. The van der Waals surface area contributed by atoms with Crippen LogP contribution in [-0.2, 0) is 11.3 Å². The number of hydrogen-bond donors (Lipinski definition) is 1. The third-order valence-corrected chi connectivity index (χ3v) is 3.62. The summed E-state index contributed by atoms with van der Waals surface area (Å²) >= 11 is 0. The van der Waals surface area contributed by atoms with E-state index in [9.17, 15) is 4.79 Å². The zero-order chi connectivity index (χ0) is 13.1. The fourth-order valence-corrected chi connectivity index (χ4v) is 2.69. The van der Waals surface area contributed by atoms with Gasteiger partial charge in [0.25, 0.3) is 0 Å². The topological polar surface area (TPSA) is 57.8 Å². The molecule has 1 aromatic rings. The van der Waals surface area contributed by atoms with E-state index in [4.69, 9.17) is 5.26 Å². The van der Waals surface area contributed by atoms with Crippen LogP contribution in [0.1, 0.15) is 42.6 Å². The Bertz CT molecular complexity index is 490. The molecular weight excluding hydrogens is 226 g/mol. The van der Waals surface area contributed by atoms with Gasteiger partial charge in [0.15, 0.2) is 0 Å². The van der Waals surface area contributed by atoms with Gasteiger partial charge in [-0.2, -0.15) is 5.26 Å². The van der Waals surface area contributed by atoms with Crippen molar-refractivity contribution in [3.8, 4) is 6.07 Å². The molecule has 1 heterocycles. The molecule has 4 heteroatoms. The third kappa shape index (κ3) is 2.56. The maximum absolute atomic E-state index is 12.0. The first-order valence-corrected chi connectivity index (χ1v) is 6.48. The summed E-state index contributed by atoms with van der Waals surface area (Å²) in [5.74, 6) is 0.0112. The van der Waals surface area contributed by atoms with Gasteiger partial charge in [-0.25, -0.2) is 0 Å². The van der Waals surface area contributed by atoms with Crippen molar-refractivity contribution in [2.24, 2.45) is 0 Å². The van der Waals surface area contributed by atoms with E-state index in [2.05, 4.69) is 11.4 Å². The quantitative estimate of drug-likeness (QED) is 0.885. The Balaban J connectivity index is 2.04. The molecular formula is C14H19N3O. The van der Waals surface area contributed by atoms with E-state index in [1.165, 1.54) is 12.8 Å². The highest BCUT2D eigenvalue weighted by atomic mass is 16.2. The molecule has 0 spiro atoms. The molecule has 1 aromatic heterocycles. The van der Waals surface area contributed by atoms with Crippen LogP contribution in [0.5, 0.6) is 0 Å². The zero-order valence-corrected chi connectivity index (χ0v) is 11.0. The number of aryl methyl sites for hydroxylation is 2. The van der Waals surface area contributed by atoms with Crippen LogP contribution in [0, 0.1) is 25.2 Å². The lowest BCUT2D eigenvalue weighted by molar-refractivity contribution is -0.122. The normalized spacial score (nSPS) is 15.6. The van der Waals surface area contributed by atoms with Crippen LogP contribution in [-0.4, -0.2) is 16.5 Å². The number of nitrogens with one attached hydrogen (secondary N) is 1. The second-order valence-corrected chi connectivity index (χ2v) is 5.06. The molecule has 4 nitrogen and oxygen atoms in total. The number of carbonyl (C=O) groups excluding carboxylic acids is 1. The van der Waals surface area contributed by atoms with Crippen LogP contribution < -0.4 is 5.32 Å². The molecule has 0 bridgehead atoms. The molecule has 0 radical (unpaired) electrons. The van der Waals surface area contributed by atoms with Crippen molar-refractivity contribution in [3.05, 3.63) is 23.0 Å². The van der Waals surface area contributed by atoms with E-state index >= 15 is 0 Å². The standard InChI is InChI=1S/C14H19N3O/c1-10-7-11(2)17(13(10)8-15)9-14(18)16-12-5-3-4-6-12/h7,12H,3-6,9H2,1-2H3,(H,16,18). The highest BCUT2D eigenvalue weighted by molar-refractivity contribution is 5.76. The highest BCUT2D eigenvalue weighted by Crippen LogP contribution is 2.18. The number of carbonyl (C=O) groups is 1. The zero-order valence-electron chi connectivity index (χ0n) is 11.0. The van der Waals surface area contributed by atoms with Crippen molar-refractivity contribution in [1.29, 1.82) is 5.26 Å². The predicted octanol–water partition coefficient (Wildman–Crippen LogP) is 2.04. The van der Waals surface area contributed by atoms with Crippen molar-refractivity contribution < 1.29 is 4.79 Å². The molecule has 96 valence electrons. The van der Waals surface area contributed by atoms with Gasteiger partial charge in [-0.05, 0) is 38.3 Å². The average molecular weight is 245 g/mol. The molecule has 0 aromatic carbocycles. The molecule has 0 unspecified atom stereocenters. The second kappa shape index (κ2) is 5.26. The van der Waals surface area contributed by atoms with Crippen molar-refractivity contribution in [1.82, 2.24) is 9.88 Å². The lowest BCUT2D eigenvalue weighted by atomic mass is 10.2. The van der Waals surface area contributed by atoms with Crippen LogP contribution in [0.25, 0.3) is 0 Å². The summed E-state index contributed by atoms with van der Waals surface area (Å²) in [7, 11) is 0. The summed E-state index contributed by atoms with van der Waals surface area (Å²) in [6.07, 6.45) is 4.58. The second-order valence-electron chi connectivity index (χ2n) is 5.06. The molecule has 1 aliphatic rings. The summed E-state index contributed by atoms with van der Waals surface area (Å²) in [6, 6.07) is 4.45. The number of nitrogens with zero attached hydrogens (tertiary/aromatic N) is 2. The molecule has 2 rings (SSSR count). The molecule has 1 fully saturated rings. The van der Waals surface area contributed by atoms with Crippen molar-refractivity contribution in [2.45, 2.75) is 52.1 Å². The first-order valence-electron chi connectivity index (χ1n) is 6.48. The molecule has 1 saturated carbocycles. The van der Waals surface area contributed by atoms with Crippen LogP contribution in [0.4, 0.5) is 0 Å². The Morgan fingerprint density at radius 3 is 2.78 bits per heavy atom. The van der Waals surface area contributed by atoms with Crippen LogP contribution in [0.15, 0.2) is 6.07 Å². The molecule has 0 atom stereocenters. The smallest absolute Gasteiger partial charge is 0.240 e. The van der Waals surface area contributed by atoms with Gasteiger partial charge in [0.05, 0.1) is 0 Å². The van der Waals surface area contributed by atoms with Crippen molar-refractivity contribution in [3.63, 3.8) is 0 Å². The molecule has 0 saturated heterocycles. The fraction of sp³-hybridized carbons (Fsp3) is 0.571. The minimum atomic E-state index is 0.0112. The predicted molar refractivity (Wildman–Crippen MR) is 69.0 cm³/mol. The lowest BCUT2D eigenvalue weighted by Gasteiger charge is -2.13. The largest absolute Gasteiger partial charge is 0.352 e. The number of hydrogen-bond acceptors (Lipinski definition) is 2. The van der Waals surface area contributed by atoms with Crippen molar-refractivity contribution >= 4 is 5.91 Å². The Labute approximate surface area is 108 Å². The Morgan fingerprint density at radius 1 is 1.50 bits per heavy atom. The van der Waals surface area contributed by atoms with Gasteiger partial charge < -0.3 is 9.88 Å². The van der Waals surface area contributed by atoms with Crippen LogP contribution in [0.3, 0.4) is 0 Å². The Hall–Kier alpha value is -1.76. The van der Waals surface area contributed by atoms with Gasteiger partial charge >= 0.3 is 0 Å². The first-order chi connectivity index (χ1) is 8.61. The van der Waals surface area contributed by atoms with Gasteiger partial charge in [0, 0.05) is 11.7 Å². The molecule has 1 amide bonds. The number of rotatable bonds is 3. The van der Waals surface area contributed by atoms with E-state index in [1.807, 2.05) is 19.9 Å². The minimum Gasteiger partial charge on any atom is -0.352 e. The van der Waals surface area contributed by atoms with E-state index in [1.54, 1.807) is 4.57 Å². The lowest BCUT2D eigenvalue weighted by Crippen LogP contribution is -2.35. The van der Waals surface area contributed by atoms with Gasteiger partial charge in [0.1, 0.15) is 18.3 Å². The third-order valence-electron chi connectivity index (χ3n) is 3.62. The van der Waals surface area contributed by atoms with Gasteiger partial charge in [-0.3, -0.25) is 4.79 Å². The Kier molecular flexibility index (Phi) is 3.71. The Morgan fingerprint density at radius 2 is 2.17 bits per heavy atom. The monoisotopic (exact) mass is 245 g/mol. The summed E-state index contributed by atoms with van der Waals surface area (Å²) in [6.45, 7) is 4.08. The number of amides is 1. The van der Waals surface area contributed by atoms with Gasteiger partial charge in [0.2, 0.25) is 5.91 Å². The summed E-state index contributed by atoms with van der Waals surface area (Å²) in [4.78, 5) is 12.0. The van der Waals surface area contributed by atoms with Crippen molar-refractivity contribution in [2.75, 3.05) is 0 Å². The van der Waals surface area contributed by atoms with E-state index < -0.39 is 0 Å². The average Bonchev–Trinajstić information content (AvgIpc) is 2.89. The number of nitriles is 1. The highest BCUT2D eigenvalue weighted by Gasteiger charge is 2.18.